The maximum absolute atomic E-state index is 4.82. The van der Waals surface area contributed by atoms with Crippen LogP contribution in [0.5, 0.6) is 0 Å². The number of rotatable bonds is 4. The van der Waals surface area contributed by atoms with Crippen LogP contribution < -0.4 is 0 Å². The molecule has 2 aliphatic rings. The van der Waals surface area contributed by atoms with Crippen molar-refractivity contribution in [2.75, 3.05) is 0 Å². The molecule has 0 saturated heterocycles. The standard InChI is InChI=1S/C63H45N/c1-62(2)56-23-13-11-19-46(56)48-27-25-38(35-58(48)62)40-29-31-52(44-17-7-5-15-42(40)44)60-50-21-9-10-22-51(50)61(55-37-64-34-33-54(55)60)53-32-30-41(43-16-6-8-18-45(43)53)39-26-28-49-47-20-12-14-24-57(47)63(3,4)59(49)36-39/h5-37H,1-4H3. The largest absolute Gasteiger partial charge is 0.264 e. The quantitative estimate of drug-likeness (QED) is 0.161. The van der Waals surface area contributed by atoms with Gasteiger partial charge in [-0.3, -0.25) is 4.98 Å². The smallest absolute Gasteiger partial charge is 0.0353 e. The van der Waals surface area contributed by atoms with E-state index in [4.69, 9.17) is 4.98 Å². The van der Waals surface area contributed by atoms with Gasteiger partial charge in [-0.15, -0.1) is 0 Å². The maximum Gasteiger partial charge on any atom is 0.0353 e. The van der Waals surface area contributed by atoms with Gasteiger partial charge in [-0.25, -0.2) is 0 Å². The highest BCUT2D eigenvalue weighted by atomic mass is 14.6. The van der Waals surface area contributed by atoms with Crippen molar-refractivity contribution in [3.8, 4) is 66.8 Å². The van der Waals surface area contributed by atoms with E-state index in [0.29, 0.717) is 0 Å². The predicted molar refractivity (Wildman–Crippen MR) is 271 cm³/mol. The first-order valence-corrected chi connectivity index (χ1v) is 22.6. The van der Waals surface area contributed by atoms with Gasteiger partial charge in [-0.2, -0.15) is 0 Å². The third-order valence-corrected chi connectivity index (χ3v) is 15.0. The first-order chi connectivity index (χ1) is 31.3. The zero-order valence-electron chi connectivity index (χ0n) is 36.5. The molecule has 2 aliphatic carbocycles. The van der Waals surface area contributed by atoms with E-state index in [1.807, 2.05) is 6.20 Å². The molecule has 11 aromatic rings. The molecule has 0 bridgehead atoms. The summed E-state index contributed by atoms with van der Waals surface area (Å²) >= 11 is 0. The number of hydrogen-bond acceptors (Lipinski definition) is 1. The van der Waals surface area contributed by atoms with Crippen LogP contribution in [0, 0.1) is 0 Å². The fourth-order valence-electron chi connectivity index (χ4n) is 11.9. The minimum absolute atomic E-state index is 0.0665. The van der Waals surface area contributed by atoms with E-state index < -0.39 is 0 Å². The molecular weight excluding hydrogens is 771 g/mol. The van der Waals surface area contributed by atoms with Gasteiger partial charge in [-0.1, -0.05) is 198 Å². The number of fused-ring (bicyclic) bond motifs is 10. The summed E-state index contributed by atoms with van der Waals surface area (Å²) in [5.74, 6) is 0. The summed E-state index contributed by atoms with van der Waals surface area (Å²) in [7, 11) is 0. The van der Waals surface area contributed by atoms with Crippen LogP contribution in [0.1, 0.15) is 49.9 Å². The van der Waals surface area contributed by atoms with Crippen molar-refractivity contribution in [3.63, 3.8) is 0 Å². The fourth-order valence-corrected chi connectivity index (χ4v) is 11.9. The number of aromatic nitrogens is 1. The Morgan fingerprint density at radius 3 is 1.11 bits per heavy atom. The van der Waals surface area contributed by atoms with Gasteiger partial charge in [0.2, 0.25) is 0 Å². The van der Waals surface area contributed by atoms with Crippen molar-refractivity contribution < 1.29 is 0 Å². The van der Waals surface area contributed by atoms with Gasteiger partial charge in [0.1, 0.15) is 0 Å². The summed E-state index contributed by atoms with van der Waals surface area (Å²) < 4.78 is 0. The average Bonchev–Trinajstić information content (AvgIpc) is 3.71. The summed E-state index contributed by atoms with van der Waals surface area (Å²) in [5.41, 5.74) is 20.8. The number of hydrogen-bond donors (Lipinski definition) is 0. The van der Waals surface area contributed by atoms with Gasteiger partial charge in [0.25, 0.3) is 0 Å². The summed E-state index contributed by atoms with van der Waals surface area (Å²) in [4.78, 5) is 4.82. The van der Waals surface area contributed by atoms with Crippen molar-refractivity contribution in [2.45, 2.75) is 38.5 Å². The van der Waals surface area contributed by atoms with Crippen LogP contribution in [0.2, 0.25) is 0 Å². The Labute approximate surface area is 374 Å². The zero-order chi connectivity index (χ0) is 42.9. The Morgan fingerprint density at radius 2 is 0.625 bits per heavy atom. The lowest BCUT2D eigenvalue weighted by molar-refractivity contribution is 0.660. The van der Waals surface area contributed by atoms with Crippen molar-refractivity contribution in [2.24, 2.45) is 0 Å². The van der Waals surface area contributed by atoms with Crippen LogP contribution in [0.15, 0.2) is 200 Å². The summed E-state index contributed by atoms with van der Waals surface area (Å²) in [6, 6.07) is 70.6. The third-order valence-electron chi connectivity index (χ3n) is 15.0. The lowest BCUT2D eigenvalue weighted by atomic mass is 9.80. The molecule has 1 nitrogen and oxygen atoms in total. The third kappa shape index (κ3) is 5.10. The van der Waals surface area contributed by atoms with Crippen molar-refractivity contribution in [1.29, 1.82) is 0 Å². The fraction of sp³-hybridized carbons (Fsp3) is 0.0952. The average molecular weight is 816 g/mol. The molecule has 0 unspecified atom stereocenters. The summed E-state index contributed by atoms with van der Waals surface area (Å²) in [5, 5.41) is 9.80. The highest BCUT2D eigenvalue weighted by molar-refractivity contribution is 6.26. The molecule has 1 heteroatoms. The van der Waals surface area contributed by atoms with Gasteiger partial charge in [-0.05, 0) is 145 Å². The first kappa shape index (κ1) is 37.0. The molecule has 0 N–H and O–H groups in total. The molecule has 0 amide bonds. The Hall–Kier alpha value is -7.61. The van der Waals surface area contributed by atoms with Crippen LogP contribution >= 0.6 is 0 Å². The van der Waals surface area contributed by atoms with Crippen LogP contribution in [0.3, 0.4) is 0 Å². The number of nitrogens with zero attached hydrogens (tertiary/aromatic N) is 1. The second kappa shape index (κ2) is 13.4. The molecule has 0 saturated carbocycles. The second-order valence-electron chi connectivity index (χ2n) is 19.0. The first-order valence-electron chi connectivity index (χ1n) is 22.6. The normalized spacial score (nSPS) is 14.2. The Bertz CT molecular complexity index is 3480. The minimum atomic E-state index is -0.0676. The van der Waals surface area contributed by atoms with Crippen molar-refractivity contribution >= 4 is 43.1 Å². The molecule has 302 valence electrons. The van der Waals surface area contributed by atoms with Crippen LogP contribution in [0.4, 0.5) is 0 Å². The van der Waals surface area contributed by atoms with Crippen molar-refractivity contribution in [1.82, 2.24) is 4.98 Å². The topological polar surface area (TPSA) is 12.9 Å². The van der Waals surface area contributed by atoms with Gasteiger partial charge in [0.05, 0.1) is 0 Å². The maximum atomic E-state index is 4.82. The van der Waals surface area contributed by atoms with Crippen LogP contribution in [-0.4, -0.2) is 4.98 Å². The van der Waals surface area contributed by atoms with Crippen molar-refractivity contribution in [3.05, 3.63) is 223 Å². The lowest BCUT2D eigenvalue weighted by Crippen LogP contribution is -2.14. The molecule has 64 heavy (non-hydrogen) atoms. The lowest BCUT2D eigenvalue weighted by Gasteiger charge is -2.23. The number of pyridine rings is 1. The molecule has 0 aliphatic heterocycles. The van der Waals surface area contributed by atoms with E-state index >= 15 is 0 Å². The molecule has 0 spiro atoms. The highest BCUT2D eigenvalue weighted by Crippen LogP contribution is 2.53. The highest BCUT2D eigenvalue weighted by Gasteiger charge is 2.36. The van der Waals surface area contributed by atoms with Gasteiger partial charge >= 0.3 is 0 Å². The monoisotopic (exact) mass is 815 g/mol. The van der Waals surface area contributed by atoms with Crippen LogP contribution in [0.25, 0.3) is 110 Å². The van der Waals surface area contributed by atoms with E-state index in [2.05, 4.69) is 222 Å². The van der Waals surface area contributed by atoms with Gasteiger partial charge < -0.3 is 0 Å². The number of benzene rings is 10. The van der Waals surface area contributed by atoms with E-state index in [0.717, 1.165) is 5.39 Å². The molecule has 1 heterocycles. The van der Waals surface area contributed by atoms with Crippen LogP contribution in [-0.2, 0) is 10.8 Å². The molecule has 0 radical (unpaired) electrons. The molecule has 0 atom stereocenters. The predicted octanol–water partition coefficient (Wildman–Crippen LogP) is 17.0. The minimum Gasteiger partial charge on any atom is -0.264 e. The Morgan fingerprint density at radius 1 is 0.281 bits per heavy atom. The summed E-state index contributed by atoms with van der Waals surface area (Å²) in [6.45, 7) is 9.45. The molecule has 10 aromatic carbocycles. The second-order valence-corrected chi connectivity index (χ2v) is 19.0. The Balaban J connectivity index is 0.993. The van der Waals surface area contributed by atoms with E-state index in [1.165, 1.54) is 127 Å². The van der Waals surface area contributed by atoms with E-state index in [9.17, 15) is 0 Å². The molecule has 1 aromatic heterocycles. The summed E-state index contributed by atoms with van der Waals surface area (Å²) in [6.07, 6.45) is 4.05. The van der Waals surface area contributed by atoms with Gasteiger partial charge in [0, 0.05) is 28.6 Å². The van der Waals surface area contributed by atoms with E-state index in [-0.39, 0.29) is 10.8 Å². The van der Waals surface area contributed by atoms with Gasteiger partial charge in [0.15, 0.2) is 0 Å². The Kier molecular flexibility index (Phi) is 7.77. The molecule has 0 fully saturated rings. The SMILES string of the molecule is CC1(C)c2ccccc2-c2ccc(-c3ccc(-c4c5ccccc5c(-c5ccc(-c6ccc7c(c6)C(C)(C)c6ccccc6-7)c6ccccc56)c5cnccc45)c4ccccc34)cc21. The van der Waals surface area contributed by atoms with E-state index in [1.54, 1.807) is 0 Å². The molecule has 13 rings (SSSR count). The zero-order valence-corrected chi connectivity index (χ0v) is 36.5. The molecular formula is C63H45N.